The molecule has 0 saturated heterocycles. The molecule has 0 rings (SSSR count). The Kier molecular flexibility index (Phi) is 400. The standard InChI is InChI=1S/CN.Co.Li/c1-2;;/q-1;+2;+1. The van der Waals surface area contributed by atoms with Crippen LogP contribution in [-0.2, 0) is 16.8 Å². The smallest absolute Gasteiger partial charge is 0.512 e. The molecule has 0 spiro atoms. The average molecular weight is 91.9 g/mol. The minimum Gasteiger partial charge on any atom is -0.512 e. The molecule has 4 heavy (non-hydrogen) atoms. The summed E-state index contributed by atoms with van der Waals surface area (Å²) in [7, 11) is 0. The van der Waals surface area contributed by atoms with E-state index < -0.39 is 0 Å². The van der Waals surface area contributed by atoms with Gasteiger partial charge in [-0.2, -0.15) is 0 Å². The van der Waals surface area contributed by atoms with E-state index in [0.717, 1.165) is 0 Å². The van der Waals surface area contributed by atoms with Crippen molar-refractivity contribution < 1.29 is 35.6 Å². The van der Waals surface area contributed by atoms with Crippen LogP contribution in [0.4, 0.5) is 0 Å². The van der Waals surface area contributed by atoms with E-state index in [1.165, 1.54) is 0 Å². The van der Waals surface area contributed by atoms with Crippen molar-refractivity contribution in [2.75, 3.05) is 0 Å². The Labute approximate surface area is 47.7 Å². The monoisotopic (exact) mass is 92.0 g/mol. The Morgan fingerprint density at radius 3 is 1.25 bits per heavy atom. The van der Waals surface area contributed by atoms with Gasteiger partial charge in [-0.05, 0) is 0 Å². The molecule has 0 aromatic heterocycles. The normalized spacial score (nSPS) is 0.500. The second kappa shape index (κ2) is 68.6. The molecular weight excluding hydrogens is 91.9 g/mol. The third kappa shape index (κ3) is 18.7. The summed E-state index contributed by atoms with van der Waals surface area (Å²) in [6.45, 7) is 4.75. The van der Waals surface area contributed by atoms with Gasteiger partial charge in [-0.15, -0.1) is 0 Å². The van der Waals surface area contributed by atoms with Gasteiger partial charge in [0.05, 0.1) is 0 Å². The van der Waals surface area contributed by atoms with Crippen molar-refractivity contribution in [3.05, 3.63) is 6.57 Å². The molecule has 0 aliphatic heterocycles. The molecule has 0 N–H and O–H groups in total. The molecule has 0 atom stereocenters. The molecule has 0 aliphatic carbocycles. The van der Waals surface area contributed by atoms with Crippen molar-refractivity contribution in [1.82, 2.24) is 0 Å². The molecular formula is CCoLiN+2. The van der Waals surface area contributed by atoms with Crippen LogP contribution in [0.15, 0.2) is 0 Å². The summed E-state index contributed by atoms with van der Waals surface area (Å²) in [5.41, 5.74) is 0. The van der Waals surface area contributed by atoms with E-state index in [-0.39, 0.29) is 35.6 Å². The molecule has 0 heterocycles. The van der Waals surface area contributed by atoms with Crippen LogP contribution in [0.2, 0.25) is 0 Å². The minimum absolute atomic E-state index is 0. The van der Waals surface area contributed by atoms with E-state index in [0.29, 0.717) is 0 Å². The quantitative estimate of drug-likeness (QED) is 0.232. The predicted octanol–water partition coefficient (Wildman–Crippen LogP) is -2.90. The molecule has 0 unspecified atom stereocenters. The first-order valence-corrected chi connectivity index (χ1v) is 0.224. The van der Waals surface area contributed by atoms with Crippen LogP contribution in [0.1, 0.15) is 0 Å². The van der Waals surface area contributed by atoms with Crippen LogP contribution < -0.4 is 18.9 Å². The molecule has 0 aliphatic rings. The van der Waals surface area contributed by atoms with Crippen LogP contribution in [-0.4, -0.2) is 0 Å². The first kappa shape index (κ1) is 23.4. The van der Waals surface area contributed by atoms with E-state index in [1.807, 2.05) is 0 Å². The summed E-state index contributed by atoms with van der Waals surface area (Å²) >= 11 is 0. The van der Waals surface area contributed by atoms with Gasteiger partial charge in [-0.25, -0.2) is 0 Å². The van der Waals surface area contributed by atoms with Crippen molar-refractivity contribution in [2.24, 2.45) is 0 Å². The van der Waals surface area contributed by atoms with Crippen molar-refractivity contribution in [2.45, 2.75) is 0 Å². The average Bonchev–Trinajstić information content (AvgIpc) is 1.00. The zero-order valence-corrected chi connectivity index (χ0v) is 3.32. The Bertz CT molecular complexity index is 12.8. The predicted molar refractivity (Wildman–Crippen MR) is 4.97 cm³/mol. The first-order chi connectivity index (χ1) is 1.00. The van der Waals surface area contributed by atoms with Gasteiger partial charge in [0.25, 0.3) is 0 Å². The zero-order chi connectivity index (χ0) is 2.00. The maximum Gasteiger partial charge on any atom is 2.00 e. The summed E-state index contributed by atoms with van der Waals surface area (Å²) < 4.78 is 0. The zero-order valence-electron chi connectivity index (χ0n) is 2.28. The summed E-state index contributed by atoms with van der Waals surface area (Å²) in [5.74, 6) is 0. The summed E-state index contributed by atoms with van der Waals surface area (Å²) in [4.78, 5) is 0. The number of rotatable bonds is 0. The van der Waals surface area contributed by atoms with Crippen LogP contribution >= 0.6 is 0 Å². The fraction of sp³-hybridized carbons (Fsp3) is 0. The fourth-order valence-electron chi connectivity index (χ4n) is 0. The van der Waals surface area contributed by atoms with Gasteiger partial charge >= 0.3 is 35.6 Å². The largest absolute Gasteiger partial charge is 2.00 e. The summed E-state index contributed by atoms with van der Waals surface area (Å²) in [6, 6.07) is 0. The SMILES string of the molecule is [C-]#N.[Co+2].[Li+]. The third-order valence-corrected chi connectivity index (χ3v) is 0. The molecule has 17 valence electrons. The Balaban J connectivity index is -0.00000000500. The minimum atomic E-state index is 0. The molecule has 0 amide bonds. The van der Waals surface area contributed by atoms with Crippen LogP contribution in [0, 0.1) is 11.8 Å². The topological polar surface area (TPSA) is 23.8 Å². The van der Waals surface area contributed by atoms with Gasteiger partial charge in [0.1, 0.15) is 0 Å². The molecule has 3 heteroatoms. The van der Waals surface area contributed by atoms with Crippen LogP contribution in [0.3, 0.4) is 0 Å². The first-order valence-electron chi connectivity index (χ1n) is 0.224. The van der Waals surface area contributed by atoms with Gasteiger partial charge in [0.2, 0.25) is 0 Å². The molecule has 0 aromatic carbocycles. The summed E-state index contributed by atoms with van der Waals surface area (Å²) in [5, 5.41) is 6.25. The second-order valence-corrected chi connectivity index (χ2v) is 0. The van der Waals surface area contributed by atoms with Crippen molar-refractivity contribution >= 4 is 0 Å². The Hall–Kier alpha value is 0.594. The Morgan fingerprint density at radius 1 is 1.25 bits per heavy atom. The van der Waals surface area contributed by atoms with Crippen molar-refractivity contribution in [3.8, 4) is 0 Å². The van der Waals surface area contributed by atoms with Crippen molar-refractivity contribution in [3.63, 3.8) is 0 Å². The number of hydrogen-bond donors (Lipinski definition) is 0. The number of nitrogens with zero attached hydrogens (tertiary/aromatic N) is 1. The molecule has 0 fully saturated rings. The summed E-state index contributed by atoms with van der Waals surface area (Å²) in [6.07, 6.45) is 0. The number of hydrogen-bond acceptors (Lipinski definition) is 1. The molecule has 0 aromatic rings. The molecule has 1 radical (unpaired) electrons. The van der Waals surface area contributed by atoms with Crippen molar-refractivity contribution in [1.29, 1.82) is 5.26 Å². The van der Waals surface area contributed by atoms with Gasteiger partial charge in [-0.1, -0.05) is 0 Å². The maximum absolute atomic E-state index is 6.25. The fourth-order valence-corrected chi connectivity index (χ4v) is 0. The van der Waals surface area contributed by atoms with E-state index in [1.54, 1.807) is 0 Å². The third-order valence-electron chi connectivity index (χ3n) is 0. The maximum atomic E-state index is 6.25. The van der Waals surface area contributed by atoms with E-state index in [4.69, 9.17) is 11.8 Å². The van der Waals surface area contributed by atoms with E-state index in [2.05, 4.69) is 0 Å². The van der Waals surface area contributed by atoms with Crippen LogP contribution in [0.5, 0.6) is 0 Å². The van der Waals surface area contributed by atoms with Gasteiger partial charge in [-0.3, -0.25) is 0 Å². The Morgan fingerprint density at radius 2 is 1.25 bits per heavy atom. The molecule has 0 bridgehead atoms. The van der Waals surface area contributed by atoms with E-state index >= 15 is 0 Å². The molecule has 0 saturated carbocycles. The van der Waals surface area contributed by atoms with Crippen LogP contribution in [0.25, 0.3) is 0 Å². The van der Waals surface area contributed by atoms with E-state index in [9.17, 15) is 0 Å². The molecule has 1 nitrogen and oxygen atoms in total. The van der Waals surface area contributed by atoms with Gasteiger partial charge < -0.3 is 11.8 Å². The second-order valence-electron chi connectivity index (χ2n) is 0. The van der Waals surface area contributed by atoms with Gasteiger partial charge in [0.15, 0.2) is 0 Å². The van der Waals surface area contributed by atoms with Gasteiger partial charge in [0, 0.05) is 0 Å².